The van der Waals surface area contributed by atoms with Gasteiger partial charge in [0, 0.05) is 38.5 Å². The maximum atomic E-state index is 12.4. The standard InChI is InChI=1S/C64H42N2O2/c67-63-51(46-18-8-3-9-19-46)21-12-23-58(63)65(49-34-26-44(27-35-49)42-14-4-1-5-15-42)56-40-32-47-31-39-55-57(41-33-48-30-38-54(56)61(47)62(48)55)66(50-36-28-45(29-37-50)43-16-6-2-7-17-43)59-24-13-22-53-52-20-10-11-25-60(52)68-64(53)59/h1-41,67H. The number of nitrogens with zero attached hydrogens (tertiary/aromatic N) is 2. The summed E-state index contributed by atoms with van der Waals surface area (Å²) in [5.41, 5.74) is 13.6. The molecule has 1 N–H and O–H groups in total. The maximum Gasteiger partial charge on any atom is 0.159 e. The second-order valence-electron chi connectivity index (χ2n) is 17.4. The van der Waals surface area contributed by atoms with Crippen LogP contribution >= 0.6 is 0 Å². The fourth-order valence-electron chi connectivity index (χ4n) is 10.3. The minimum Gasteiger partial charge on any atom is -0.505 e. The predicted molar refractivity (Wildman–Crippen MR) is 285 cm³/mol. The molecule has 0 atom stereocenters. The van der Waals surface area contributed by atoms with E-state index in [-0.39, 0.29) is 5.75 Å². The van der Waals surface area contributed by atoms with Gasteiger partial charge in [-0.25, -0.2) is 0 Å². The Hall–Kier alpha value is -9.12. The van der Waals surface area contributed by atoms with Crippen LogP contribution in [0.2, 0.25) is 0 Å². The van der Waals surface area contributed by atoms with E-state index in [0.717, 1.165) is 105 Å². The van der Waals surface area contributed by atoms with Crippen molar-refractivity contribution in [3.05, 3.63) is 249 Å². The minimum absolute atomic E-state index is 0.215. The summed E-state index contributed by atoms with van der Waals surface area (Å²) in [6, 6.07) is 87.3. The van der Waals surface area contributed by atoms with Crippen LogP contribution in [0.15, 0.2) is 253 Å². The van der Waals surface area contributed by atoms with Crippen LogP contribution in [0, 0.1) is 0 Å². The van der Waals surface area contributed by atoms with Crippen molar-refractivity contribution in [2.45, 2.75) is 0 Å². The van der Waals surface area contributed by atoms with Crippen molar-refractivity contribution >= 4 is 88.4 Å². The molecule has 4 nitrogen and oxygen atoms in total. The maximum absolute atomic E-state index is 12.4. The normalized spacial score (nSPS) is 11.6. The Bertz CT molecular complexity index is 3960. The Balaban J connectivity index is 1.04. The summed E-state index contributed by atoms with van der Waals surface area (Å²) < 4.78 is 6.76. The lowest BCUT2D eigenvalue weighted by Gasteiger charge is -2.30. The number of para-hydroxylation sites is 3. The first-order valence-corrected chi connectivity index (χ1v) is 23.1. The van der Waals surface area contributed by atoms with Gasteiger partial charge in [0.2, 0.25) is 0 Å². The Morgan fingerprint density at radius 3 is 1.31 bits per heavy atom. The predicted octanol–water partition coefficient (Wildman–Crippen LogP) is 18.1. The van der Waals surface area contributed by atoms with E-state index < -0.39 is 0 Å². The monoisotopic (exact) mass is 870 g/mol. The molecule has 0 radical (unpaired) electrons. The van der Waals surface area contributed by atoms with Gasteiger partial charge in [-0.05, 0) is 104 Å². The zero-order valence-corrected chi connectivity index (χ0v) is 36.9. The summed E-state index contributed by atoms with van der Waals surface area (Å²) in [6.45, 7) is 0. The smallest absolute Gasteiger partial charge is 0.159 e. The van der Waals surface area contributed by atoms with Crippen LogP contribution < -0.4 is 9.80 Å². The molecule has 1 aromatic heterocycles. The lowest BCUT2D eigenvalue weighted by Crippen LogP contribution is -2.12. The van der Waals surface area contributed by atoms with Crippen molar-refractivity contribution in [2.75, 3.05) is 9.80 Å². The molecule has 0 aliphatic carbocycles. The molecule has 0 saturated carbocycles. The van der Waals surface area contributed by atoms with Gasteiger partial charge in [-0.2, -0.15) is 0 Å². The van der Waals surface area contributed by atoms with Crippen LogP contribution in [0.4, 0.5) is 34.1 Å². The second-order valence-corrected chi connectivity index (χ2v) is 17.4. The number of furan rings is 1. The number of fused-ring (bicyclic) bond motifs is 3. The van der Waals surface area contributed by atoms with E-state index >= 15 is 0 Å². The Labute approximate surface area is 393 Å². The van der Waals surface area contributed by atoms with Gasteiger partial charge in [-0.1, -0.05) is 194 Å². The van der Waals surface area contributed by atoms with Gasteiger partial charge in [-0.15, -0.1) is 0 Å². The first-order valence-electron chi connectivity index (χ1n) is 23.1. The highest BCUT2D eigenvalue weighted by molar-refractivity contribution is 6.28. The molecular weight excluding hydrogens is 829 g/mol. The van der Waals surface area contributed by atoms with Gasteiger partial charge in [0.15, 0.2) is 5.58 Å². The summed E-state index contributed by atoms with van der Waals surface area (Å²) in [5.74, 6) is 0.215. The van der Waals surface area contributed by atoms with Gasteiger partial charge in [0.25, 0.3) is 0 Å². The molecule has 0 amide bonds. The van der Waals surface area contributed by atoms with E-state index in [0.29, 0.717) is 5.69 Å². The van der Waals surface area contributed by atoms with Gasteiger partial charge in [0.05, 0.1) is 22.7 Å². The number of rotatable bonds is 9. The third-order valence-corrected chi connectivity index (χ3v) is 13.5. The third-order valence-electron chi connectivity index (χ3n) is 13.5. The van der Waals surface area contributed by atoms with Gasteiger partial charge in [-0.3, -0.25) is 0 Å². The molecule has 12 aromatic carbocycles. The second kappa shape index (κ2) is 16.1. The Morgan fingerprint density at radius 1 is 0.294 bits per heavy atom. The lowest BCUT2D eigenvalue weighted by molar-refractivity contribution is 0.478. The summed E-state index contributed by atoms with van der Waals surface area (Å²) in [7, 11) is 0. The molecule has 13 rings (SSSR count). The molecular formula is C64H42N2O2. The SMILES string of the molecule is Oc1c(-c2ccccc2)cccc1N(c1ccc(-c2ccccc2)cc1)c1ccc2ccc3c(N(c4ccc(-c5ccccc5)cc4)c4cccc5c4oc4ccccc45)ccc4ccc1c2c43. The van der Waals surface area contributed by atoms with Crippen LogP contribution in [0.3, 0.4) is 0 Å². The lowest BCUT2D eigenvalue weighted by atomic mass is 9.91. The highest BCUT2D eigenvalue weighted by atomic mass is 16.3. The number of phenolic OH excluding ortho intramolecular Hbond substituents is 1. The van der Waals surface area contributed by atoms with Crippen molar-refractivity contribution in [1.29, 1.82) is 0 Å². The largest absolute Gasteiger partial charge is 0.505 e. The molecule has 0 aliphatic rings. The quantitative estimate of drug-likeness (QED) is 0.147. The van der Waals surface area contributed by atoms with Crippen LogP contribution in [-0.4, -0.2) is 5.11 Å². The van der Waals surface area contributed by atoms with Crippen molar-refractivity contribution < 1.29 is 9.52 Å². The molecule has 0 unspecified atom stereocenters. The minimum atomic E-state index is 0.215. The summed E-state index contributed by atoms with van der Waals surface area (Å²) in [5, 5.41) is 21.3. The molecule has 4 heteroatoms. The highest BCUT2D eigenvalue weighted by Crippen LogP contribution is 2.51. The van der Waals surface area contributed by atoms with Crippen molar-refractivity contribution in [3.63, 3.8) is 0 Å². The first-order chi connectivity index (χ1) is 33.7. The van der Waals surface area contributed by atoms with Crippen LogP contribution in [0.1, 0.15) is 0 Å². The summed E-state index contributed by atoms with van der Waals surface area (Å²) in [6.07, 6.45) is 0. The number of hydrogen-bond acceptors (Lipinski definition) is 4. The third kappa shape index (κ3) is 6.45. The van der Waals surface area contributed by atoms with E-state index in [1.165, 1.54) is 10.9 Å². The van der Waals surface area contributed by atoms with E-state index in [4.69, 9.17) is 4.42 Å². The number of aromatic hydroxyl groups is 1. The fraction of sp³-hybridized carbons (Fsp3) is 0. The van der Waals surface area contributed by atoms with Crippen LogP contribution in [0.25, 0.3) is 87.6 Å². The number of phenols is 1. The summed E-state index contributed by atoms with van der Waals surface area (Å²) >= 11 is 0. The van der Waals surface area contributed by atoms with E-state index in [1.807, 2.05) is 66.7 Å². The Kier molecular flexibility index (Phi) is 9.29. The molecule has 0 spiro atoms. The van der Waals surface area contributed by atoms with Crippen molar-refractivity contribution in [1.82, 2.24) is 0 Å². The summed E-state index contributed by atoms with van der Waals surface area (Å²) in [4.78, 5) is 4.58. The van der Waals surface area contributed by atoms with Gasteiger partial charge >= 0.3 is 0 Å². The topological polar surface area (TPSA) is 39.9 Å². The molecule has 13 aromatic rings. The number of anilines is 6. The molecule has 0 saturated heterocycles. The molecule has 320 valence electrons. The average molecular weight is 871 g/mol. The fourth-order valence-corrected chi connectivity index (χ4v) is 10.3. The molecule has 0 fully saturated rings. The van der Waals surface area contributed by atoms with E-state index in [2.05, 4.69) is 192 Å². The van der Waals surface area contributed by atoms with E-state index in [9.17, 15) is 5.11 Å². The molecule has 1 heterocycles. The van der Waals surface area contributed by atoms with Crippen LogP contribution in [0.5, 0.6) is 5.75 Å². The average Bonchev–Trinajstić information content (AvgIpc) is 3.80. The molecule has 0 bridgehead atoms. The molecule has 0 aliphatic heterocycles. The zero-order valence-electron chi connectivity index (χ0n) is 36.9. The molecule has 68 heavy (non-hydrogen) atoms. The number of hydrogen-bond donors (Lipinski definition) is 1. The van der Waals surface area contributed by atoms with Crippen molar-refractivity contribution in [3.8, 4) is 39.1 Å². The first kappa shape index (κ1) is 39.3. The van der Waals surface area contributed by atoms with Gasteiger partial charge < -0.3 is 19.3 Å². The zero-order chi connectivity index (χ0) is 45.1. The van der Waals surface area contributed by atoms with Crippen LogP contribution in [-0.2, 0) is 0 Å². The van der Waals surface area contributed by atoms with E-state index in [1.54, 1.807) is 0 Å². The Morgan fingerprint density at radius 2 is 0.735 bits per heavy atom. The van der Waals surface area contributed by atoms with Crippen molar-refractivity contribution in [2.24, 2.45) is 0 Å². The number of benzene rings is 12. The highest BCUT2D eigenvalue weighted by Gasteiger charge is 2.25. The van der Waals surface area contributed by atoms with Gasteiger partial charge in [0.1, 0.15) is 11.3 Å².